The van der Waals surface area contributed by atoms with Gasteiger partial charge in [0.25, 0.3) is 5.91 Å². The molecule has 7 nitrogen and oxygen atoms in total. The summed E-state index contributed by atoms with van der Waals surface area (Å²) in [5.41, 5.74) is 0. The van der Waals surface area contributed by atoms with Gasteiger partial charge in [-0.25, -0.2) is 15.0 Å². The Morgan fingerprint density at radius 3 is 2.86 bits per heavy atom. The number of rotatable bonds is 3. The fourth-order valence-corrected chi connectivity index (χ4v) is 2.09. The Kier molecular flexibility index (Phi) is 3.53. The maximum absolute atomic E-state index is 12.0. The van der Waals surface area contributed by atoms with Crippen LogP contribution >= 0.6 is 15.9 Å². The Morgan fingerprint density at radius 1 is 1.33 bits per heavy atom. The van der Waals surface area contributed by atoms with Crippen LogP contribution < -0.4 is 5.32 Å². The van der Waals surface area contributed by atoms with Gasteiger partial charge in [0.05, 0.1) is 0 Å². The maximum Gasteiger partial charge on any atom is 0.292 e. The molecule has 3 aromatic rings. The lowest BCUT2D eigenvalue weighted by Crippen LogP contribution is -2.13. The minimum absolute atomic E-state index is 0.195. The van der Waals surface area contributed by atoms with Crippen molar-refractivity contribution in [3.8, 4) is 5.82 Å². The zero-order chi connectivity index (χ0) is 14.8. The zero-order valence-corrected chi connectivity index (χ0v) is 12.5. The van der Waals surface area contributed by atoms with Crippen LogP contribution in [0.3, 0.4) is 0 Å². The van der Waals surface area contributed by atoms with E-state index in [2.05, 4.69) is 36.2 Å². The molecule has 0 saturated heterocycles. The highest BCUT2D eigenvalue weighted by molar-refractivity contribution is 9.10. The number of hydrogen-bond donors (Lipinski definition) is 1. The van der Waals surface area contributed by atoms with E-state index >= 15 is 0 Å². The molecule has 3 heterocycles. The van der Waals surface area contributed by atoms with Crippen molar-refractivity contribution in [1.82, 2.24) is 19.5 Å². The molecule has 0 bridgehead atoms. The number of amides is 1. The predicted molar refractivity (Wildman–Crippen MR) is 78.3 cm³/mol. The van der Waals surface area contributed by atoms with Crippen molar-refractivity contribution in [1.29, 1.82) is 0 Å². The maximum atomic E-state index is 12.0. The Hall–Kier alpha value is -2.48. The third-order valence-electron chi connectivity index (χ3n) is 2.76. The second-order valence-electron chi connectivity index (χ2n) is 4.16. The number of nitrogens with zero attached hydrogens (tertiary/aromatic N) is 4. The first-order chi connectivity index (χ1) is 10.1. The summed E-state index contributed by atoms with van der Waals surface area (Å²) in [6.07, 6.45) is 4.84. The molecule has 8 heteroatoms. The SMILES string of the molecule is Cc1nccn1-c1cc(NC(=O)c2ccc(Br)o2)ncn1. The molecule has 0 radical (unpaired) electrons. The van der Waals surface area contributed by atoms with Gasteiger partial charge in [-0.1, -0.05) is 0 Å². The Labute approximate surface area is 128 Å². The van der Waals surface area contributed by atoms with Crippen molar-refractivity contribution in [2.24, 2.45) is 0 Å². The van der Waals surface area contributed by atoms with Crippen LogP contribution in [-0.4, -0.2) is 25.4 Å². The van der Waals surface area contributed by atoms with Gasteiger partial charge in [-0.2, -0.15) is 0 Å². The molecule has 0 atom stereocenters. The molecule has 0 spiro atoms. The predicted octanol–water partition coefficient (Wildman–Crippen LogP) is 2.58. The van der Waals surface area contributed by atoms with Crippen LogP contribution in [0.1, 0.15) is 16.4 Å². The first kappa shape index (κ1) is 13.5. The molecule has 3 rings (SSSR count). The van der Waals surface area contributed by atoms with Crippen LogP contribution in [0.4, 0.5) is 5.82 Å². The highest BCUT2D eigenvalue weighted by Gasteiger charge is 2.12. The Bertz CT molecular complexity index is 795. The van der Waals surface area contributed by atoms with Crippen LogP contribution in [0.25, 0.3) is 5.82 Å². The highest BCUT2D eigenvalue weighted by Crippen LogP contribution is 2.16. The smallest absolute Gasteiger partial charge is 0.292 e. The third-order valence-corrected chi connectivity index (χ3v) is 3.19. The van der Waals surface area contributed by atoms with Gasteiger partial charge < -0.3 is 9.73 Å². The number of aromatic nitrogens is 4. The fraction of sp³-hybridized carbons (Fsp3) is 0.0769. The molecule has 0 aromatic carbocycles. The molecular formula is C13H10BrN5O2. The van der Waals surface area contributed by atoms with Crippen molar-refractivity contribution < 1.29 is 9.21 Å². The van der Waals surface area contributed by atoms with E-state index in [1.807, 2.05) is 6.92 Å². The molecule has 0 unspecified atom stereocenters. The summed E-state index contributed by atoms with van der Waals surface area (Å²) in [6.45, 7) is 1.86. The number of aryl methyl sites for hydroxylation is 1. The molecule has 106 valence electrons. The number of carbonyl (C=O) groups excluding carboxylic acids is 1. The van der Waals surface area contributed by atoms with E-state index in [4.69, 9.17) is 4.42 Å². The van der Waals surface area contributed by atoms with Crippen LogP contribution in [-0.2, 0) is 0 Å². The molecule has 3 aromatic heterocycles. The van der Waals surface area contributed by atoms with Gasteiger partial charge in [0.2, 0.25) is 0 Å². The van der Waals surface area contributed by atoms with Crippen molar-refractivity contribution in [3.05, 3.63) is 53.2 Å². The molecular weight excluding hydrogens is 338 g/mol. The summed E-state index contributed by atoms with van der Waals surface area (Å²) in [5.74, 6) is 1.61. The number of anilines is 1. The number of carbonyl (C=O) groups is 1. The molecule has 0 fully saturated rings. The second-order valence-corrected chi connectivity index (χ2v) is 4.95. The number of imidazole rings is 1. The lowest BCUT2D eigenvalue weighted by Gasteiger charge is -2.06. The molecule has 1 N–H and O–H groups in total. The van der Waals surface area contributed by atoms with Crippen LogP contribution in [0.5, 0.6) is 0 Å². The number of furan rings is 1. The van der Waals surface area contributed by atoms with E-state index in [1.54, 1.807) is 35.2 Å². The Morgan fingerprint density at radius 2 is 2.19 bits per heavy atom. The zero-order valence-electron chi connectivity index (χ0n) is 10.9. The lowest BCUT2D eigenvalue weighted by atomic mass is 10.4. The largest absolute Gasteiger partial charge is 0.444 e. The molecule has 0 saturated carbocycles. The molecule has 0 aliphatic heterocycles. The minimum Gasteiger partial charge on any atom is -0.444 e. The van der Waals surface area contributed by atoms with Gasteiger partial charge in [-0.05, 0) is 35.0 Å². The van der Waals surface area contributed by atoms with Crippen molar-refractivity contribution in [2.75, 3.05) is 5.32 Å². The van der Waals surface area contributed by atoms with Gasteiger partial charge in [0.15, 0.2) is 10.4 Å². The fourth-order valence-electron chi connectivity index (χ4n) is 1.78. The molecule has 0 aliphatic rings. The van der Waals surface area contributed by atoms with Crippen LogP contribution in [0.15, 0.2) is 46.0 Å². The van der Waals surface area contributed by atoms with Gasteiger partial charge >= 0.3 is 0 Å². The quantitative estimate of drug-likeness (QED) is 0.786. The molecule has 0 aliphatic carbocycles. The summed E-state index contributed by atoms with van der Waals surface area (Å²) in [7, 11) is 0. The van der Waals surface area contributed by atoms with Crippen molar-refractivity contribution >= 4 is 27.7 Å². The number of halogens is 1. The minimum atomic E-state index is -0.382. The number of nitrogens with one attached hydrogen (secondary N) is 1. The van der Waals surface area contributed by atoms with E-state index < -0.39 is 0 Å². The second kappa shape index (κ2) is 5.49. The van der Waals surface area contributed by atoms with Gasteiger partial charge in [0, 0.05) is 18.5 Å². The van der Waals surface area contributed by atoms with Gasteiger partial charge in [0.1, 0.15) is 23.8 Å². The van der Waals surface area contributed by atoms with E-state index in [1.165, 1.54) is 6.33 Å². The first-order valence-corrected chi connectivity index (χ1v) is 6.82. The summed E-state index contributed by atoms with van der Waals surface area (Å²) in [6, 6.07) is 4.88. The van der Waals surface area contributed by atoms with Crippen molar-refractivity contribution in [2.45, 2.75) is 6.92 Å². The normalized spacial score (nSPS) is 10.6. The summed E-state index contributed by atoms with van der Waals surface area (Å²) < 4.78 is 7.47. The highest BCUT2D eigenvalue weighted by atomic mass is 79.9. The van der Waals surface area contributed by atoms with E-state index in [9.17, 15) is 4.79 Å². The average Bonchev–Trinajstić information content (AvgIpc) is 3.08. The summed E-state index contributed by atoms with van der Waals surface area (Å²) in [5, 5.41) is 2.65. The van der Waals surface area contributed by atoms with Crippen LogP contribution in [0.2, 0.25) is 0 Å². The summed E-state index contributed by atoms with van der Waals surface area (Å²) >= 11 is 3.15. The van der Waals surface area contributed by atoms with E-state index in [0.717, 1.165) is 5.82 Å². The Balaban J connectivity index is 1.84. The van der Waals surface area contributed by atoms with Crippen molar-refractivity contribution in [3.63, 3.8) is 0 Å². The average molecular weight is 348 g/mol. The van der Waals surface area contributed by atoms with Gasteiger partial charge in [-0.15, -0.1) is 0 Å². The third kappa shape index (κ3) is 2.84. The lowest BCUT2D eigenvalue weighted by molar-refractivity contribution is 0.0995. The summed E-state index contributed by atoms with van der Waals surface area (Å²) in [4.78, 5) is 24.3. The van der Waals surface area contributed by atoms with Crippen LogP contribution in [0, 0.1) is 6.92 Å². The first-order valence-electron chi connectivity index (χ1n) is 6.02. The number of hydrogen-bond acceptors (Lipinski definition) is 5. The topological polar surface area (TPSA) is 85.8 Å². The molecule has 1 amide bonds. The van der Waals surface area contributed by atoms with Gasteiger partial charge in [-0.3, -0.25) is 9.36 Å². The standard InChI is InChI=1S/C13H10BrN5O2/c1-8-15-4-5-19(8)12-6-11(16-7-17-12)18-13(20)9-2-3-10(14)21-9/h2-7H,1H3,(H,16,17,18,20). The van der Waals surface area contributed by atoms with E-state index in [-0.39, 0.29) is 11.7 Å². The van der Waals surface area contributed by atoms with E-state index in [0.29, 0.717) is 16.3 Å². The monoisotopic (exact) mass is 347 g/mol. The molecule has 21 heavy (non-hydrogen) atoms.